The highest BCUT2D eigenvalue weighted by molar-refractivity contribution is 9.10. The van der Waals surface area contributed by atoms with Crippen LogP contribution in [0.2, 0.25) is 0 Å². The van der Waals surface area contributed by atoms with E-state index in [-0.39, 0.29) is 12.3 Å². The van der Waals surface area contributed by atoms with Crippen molar-refractivity contribution >= 4 is 65.7 Å². The van der Waals surface area contributed by atoms with E-state index in [0.717, 1.165) is 15.3 Å². The Balaban J connectivity index is 1.68. The molecule has 2 aromatic heterocycles. The Morgan fingerprint density at radius 1 is 1.43 bits per heavy atom. The van der Waals surface area contributed by atoms with Gasteiger partial charge in [0.25, 0.3) is 5.91 Å². The van der Waals surface area contributed by atoms with Crippen molar-refractivity contribution in [2.45, 2.75) is 6.42 Å². The highest BCUT2D eigenvalue weighted by atomic mass is 79.9. The lowest BCUT2D eigenvalue weighted by Gasteiger charge is -2.02. The van der Waals surface area contributed by atoms with Crippen LogP contribution in [-0.2, 0) is 4.79 Å². The first-order chi connectivity index (χ1) is 10.1. The fourth-order valence-corrected chi connectivity index (χ4v) is 4.65. The highest BCUT2D eigenvalue weighted by Crippen LogP contribution is 2.22. The topological polar surface area (TPSA) is 83.7 Å². The number of halogens is 1. The monoisotopic (exact) mass is 409 g/mol. The van der Waals surface area contributed by atoms with Crippen LogP contribution in [-0.4, -0.2) is 44.4 Å². The molecule has 2 heterocycles. The molecule has 0 aliphatic heterocycles. The number of hydrogen-bond donors (Lipinski definition) is 2. The number of aromatic nitrogens is 2. The molecule has 6 nitrogen and oxygen atoms in total. The van der Waals surface area contributed by atoms with Gasteiger partial charge in [0.2, 0.25) is 0 Å². The molecule has 0 aliphatic carbocycles. The summed E-state index contributed by atoms with van der Waals surface area (Å²) in [6.45, 7) is 0.547. The molecule has 0 atom stereocenters. The number of aliphatic carboxylic acids is 1. The fourth-order valence-electron chi connectivity index (χ4n) is 1.40. The Labute approximate surface area is 141 Å². The standard InChI is InChI=1S/C11H12BrN3O3S3/c12-8-5-14-11-15(8)6-7(21-11)10(18)13-2-4-20-19-3-1-9(16)17/h5-6H,1-4H2,(H,13,18)(H,16,17). The number of rotatable bonds is 8. The summed E-state index contributed by atoms with van der Waals surface area (Å²) in [7, 11) is 3.06. The van der Waals surface area contributed by atoms with Crippen molar-refractivity contribution in [2.24, 2.45) is 0 Å². The van der Waals surface area contributed by atoms with Crippen LogP contribution in [0, 0.1) is 0 Å². The molecular weight excluding hydrogens is 398 g/mol. The normalized spacial score (nSPS) is 10.9. The Morgan fingerprint density at radius 2 is 2.19 bits per heavy atom. The molecule has 114 valence electrons. The van der Waals surface area contributed by atoms with Gasteiger partial charge in [0.15, 0.2) is 4.96 Å². The Kier molecular flexibility index (Phi) is 6.40. The van der Waals surface area contributed by atoms with E-state index < -0.39 is 5.97 Å². The number of carbonyl (C=O) groups excluding carboxylic acids is 1. The van der Waals surface area contributed by atoms with Gasteiger partial charge in [-0.15, -0.1) is 0 Å². The van der Waals surface area contributed by atoms with Gasteiger partial charge in [-0.3, -0.25) is 14.0 Å². The maximum absolute atomic E-state index is 12.0. The van der Waals surface area contributed by atoms with Crippen LogP contribution in [0.15, 0.2) is 17.0 Å². The van der Waals surface area contributed by atoms with Crippen LogP contribution >= 0.6 is 48.9 Å². The SMILES string of the molecule is O=C(O)CCSSCCNC(=O)c1cn2c(Br)cnc2s1. The number of nitrogens with one attached hydrogen (secondary N) is 1. The van der Waals surface area contributed by atoms with Crippen LogP contribution in [0.3, 0.4) is 0 Å². The van der Waals surface area contributed by atoms with Gasteiger partial charge in [0.05, 0.1) is 12.6 Å². The molecular formula is C11H12BrN3O3S3. The lowest BCUT2D eigenvalue weighted by molar-refractivity contribution is -0.136. The van der Waals surface area contributed by atoms with Crippen LogP contribution in [0.4, 0.5) is 0 Å². The summed E-state index contributed by atoms with van der Waals surface area (Å²) >= 11 is 4.69. The fraction of sp³-hybridized carbons (Fsp3) is 0.364. The van der Waals surface area contributed by atoms with E-state index in [0.29, 0.717) is 17.2 Å². The maximum atomic E-state index is 12.0. The van der Waals surface area contributed by atoms with Gasteiger partial charge < -0.3 is 10.4 Å². The predicted molar refractivity (Wildman–Crippen MR) is 90.3 cm³/mol. The number of hydrogen-bond acceptors (Lipinski definition) is 6. The molecule has 10 heteroatoms. The molecule has 0 saturated carbocycles. The number of imidazole rings is 1. The molecule has 2 rings (SSSR count). The molecule has 0 aromatic carbocycles. The number of carboxylic acids is 1. The van der Waals surface area contributed by atoms with Crippen molar-refractivity contribution in [1.29, 1.82) is 0 Å². The predicted octanol–water partition coefficient (Wildman–Crippen LogP) is 2.74. The zero-order valence-electron chi connectivity index (χ0n) is 10.7. The van der Waals surface area contributed by atoms with Crippen molar-refractivity contribution in [3.63, 3.8) is 0 Å². The van der Waals surface area contributed by atoms with Crippen LogP contribution < -0.4 is 5.32 Å². The number of carboxylic acid groups (broad SMARTS) is 1. The smallest absolute Gasteiger partial charge is 0.304 e. The summed E-state index contributed by atoms with van der Waals surface area (Å²) in [4.78, 5) is 27.8. The molecule has 0 bridgehead atoms. The Hall–Kier alpha value is -0.710. The van der Waals surface area contributed by atoms with Gasteiger partial charge in [-0.1, -0.05) is 32.9 Å². The summed E-state index contributed by atoms with van der Waals surface area (Å²) in [6, 6.07) is 0. The van der Waals surface area contributed by atoms with E-state index in [2.05, 4.69) is 26.2 Å². The third kappa shape index (κ3) is 4.90. The zero-order chi connectivity index (χ0) is 15.2. The molecule has 1 amide bonds. The first kappa shape index (κ1) is 16.7. The molecule has 0 spiro atoms. The average Bonchev–Trinajstić information content (AvgIpc) is 3.00. The first-order valence-electron chi connectivity index (χ1n) is 5.94. The number of amides is 1. The molecule has 0 saturated heterocycles. The minimum Gasteiger partial charge on any atom is -0.481 e. The van der Waals surface area contributed by atoms with E-state index >= 15 is 0 Å². The Morgan fingerprint density at radius 3 is 2.90 bits per heavy atom. The van der Waals surface area contributed by atoms with Crippen molar-refractivity contribution in [2.75, 3.05) is 18.1 Å². The second-order valence-electron chi connectivity index (χ2n) is 3.87. The number of nitrogens with zero attached hydrogens (tertiary/aromatic N) is 2. The van der Waals surface area contributed by atoms with Crippen molar-refractivity contribution in [3.8, 4) is 0 Å². The summed E-state index contributed by atoms with van der Waals surface area (Å²) in [5.74, 6) is 0.408. The first-order valence-corrected chi connectivity index (χ1v) is 10.0. The van der Waals surface area contributed by atoms with Gasteiger partial charge in [0.1, 0.15) is 9.48 Å². The Bertz CT molecular complexity index is 643. The lowest BCUT2D eigenvalue weighted by Crippen LogP contribution is -2.24. The van der Waals surface area contributed by atoms with Crippen LogP contribution in [0.5, 0.6) is 0 Å². The molecule has 2 N–H and O–H groups in total. The minimum atomic E-state index is -0.787. The van der Waals surface area contributed by atoms with E-state index in [1.807, 2.05) is 4.40 Å². The van der Waals surface area contributed by atoms with Gasteiger partial charge in [-0.05, 0) is 15.9 Å². The average molecular weight is 410 g/mol. The summed E-state index contributed by atoms with van der Waals surface area (Å²) in [5.41, 5.74) is 0. The lowest BCUT2D eigenvalue weighted by atomic mass is 10.5. The van der Waals surface area contributed by atoms with Gasteiger partial charge in [-0.25, -0.2) is 4.98 Å². The number of fused-ring (bicyclic) bond motifs is 1. The molecule has 2 aromatic rings. The second-order valence-corrected chi connectivity index (χ2v) is 8.40. The summed E-state index contributed by atoms with van der Waals surface area (Å²) in [6.07, 6.45) is 3.60. The number of thiazole rings is 1. The number of carbonyl (C=O) groups is 2. The molecule has 21 heavy (non-hydrogen) atoms. The molecule has 0 radical (unpaired) electrons. The van der Waals surface area contributed by atoms with Crippen LogP contribution in [0.25, 0.3) is 4.96 Å². The summed E-state index contributed by atoms with van der Waals surface area (Å²) < 4.78 is 2.63. The summed E-state index contributed by atoms with van der Waals surface area (Å²) in [5, 5.41) is 11.3. The van der Waals surface area contributed by atoms with Crippen molar-refractivity contribution < 1.29 is 14.7 Å². The quantitative estimate of drug-likeness (QED) is 0.514. The third-order valence-electron chi connectivity index (χ3n) is 2.34. The largest absolute Gasteiger partial charge is 0.481 e. The molecule has 0 fully saturated rings. The van der Waals surface area contributed by atoms with E-state index in [1.165, 1.54) is 22.1 Å². The third-order valence-corrected chi connectivity index (χ3v) is 6.33. The highest BCUT2D eigenvalue weighted by Gasteiger charge is 2.12. The molecule has 0 aliphatic rings. The maximum Gasteiger partial charge on any atom is 0.304 e. The zero-order valence-corrected chi connectivity index (χ0v) is 14.8. The van der Waals surface area contributed by atoms with Gasteiger partial charge in [0, 0.05) is 24.2 Å². The molecule has 0 unspecified atom stereocenters. The van der Waals surface area contributed by atoms with Gasteiger partial charge >= 0.3 is 5.97 Å². The van der Waals surface area contributed by atoms with E-state index in [1.54, 1.807) is 23.2 Å². The van der Waals surface area contributed by atoms with E-state index in [9.17, 15) is 9.59 Å². The van der Waals surface area contributed by atoms with E-state index in [4.69, 9.17) is 5.11 Å². The van der Waals surface area contributed by atoms with Gasteiger partial charge in [-0.2, -0.15) is 0 Å². The van der Waals surface area contributed by atoms with Crippen molar-refractivity contribution in [1.82, 2.24) is 14.7 Å². The van der Waals surface area contributed by atoms with Crippen molar-refractivity contribution in [3.05, 3.63) is 21.9 Å². The second kappa shape index (κ2) is 8.06. The minimum absolute atomic E-state index is 0.117. The van der Waals surface area contributed by atoms with Crippen LogP contribution in [0.1, 0.15) is 16.1 Å².